The lowest BCUT2D eigenvalue weighted by atomic mass is 10.1. The van der Waals surface area contributed by atoms with Gasteiger partial charge < -0.3 is 14.8 Å². The van der Waals surface area contributed by atoms with Crippen molar-refractivity contribution in [3.8, 4) is 0 Å². The Morgan fingerprint density at radius 2 is 2.00 bits per heavy atom. The molecule has 1 heterocycles. The van der Waals surface area contributed by atoms with Crippen molar-refractivity contribution in [1.82, 2.24) is 4.90 Å². The predicted molar refractivity (Wildman–Crippen MR) is 62.9 cm³/mol. The Kier molecular flexibility index (Phi) is 3.56. The van der Waals surface area contributed by atoms with E-state index in [1.54, 1.807) is 12.1 Å². The lowest BCUT2D eigenvalue weighted by molar-refractivity contribution is -0.310. The van der Waals surface area contributed by atoms with Gasteiger partial charge in [-0.05, 0) is 17.7 Å². The van der Waals surface area contributed by atoms with E-state index >= 15 is 0 Å². The Morgan fingerprint density at radius 1 is 1.39 bits per heavy atom. The smallest absolute Gasteiger partial charge is 0.221 e. The molecule has 1 fully saturated rings. The molecule has 0 aromatic heterocycles. The maximum absolute atomic E-state index is 12.8. The van der Waals surface area contributed by atoms with Gasteiger partial charge >= 0.3 is 0 Å². The molecule has 2 rings (SSSR count). The molecular formula is C12H11FNO3S-. The number of nitrogens with zero attached hydrogens (tertiary/aromatic N) is 1. The van der Waals surface area contributed by atoms with E-state index in [1.807, 2.05) is 0 Å². The fourth-order valence-electron chi connectivity index (χ4n) is 1.96. The molecule has 0 radical (unpaired) electrons. The van der Waals surface area contributed by atoms with Crippen LogP contribution < -0.4 is 5.11 Å². The molecule has 0 N–H and O–H groups in total. The van der Waals surface area contributed by atoms with Gasteiger partial charge in [0.2, 0.25) is 5.91 Å². The van der Waals surface area contributed by atoms with Crippen molar-refractivity contribution in [3.63, 3.8) is 0 Å². The number of carbonyl (C=O) groups excluding carboxylic acids is 2. The molecule has 6 heteroatoms. The number of rotatable bonds is 2. The van der Waals surface area contributed by atoms with Crippen LogP contribution in [0.5, 0.6) is 0 Å². The van der Waals surface area contributed by atoms with Gasteiger partial charge in [-0.1, -0.05) is 12.1 Å². The van der Waals surface area contributed by atoms with Crippen molar-refractivity contribution in [1.29, 1.82) is 0 Å². The van der Waals surface area contributed by atoms with E-state index in [-0.39, 0.29) is 17.5 Å². The van der Waals surface area contributed by atoms with E-state index in [2.05, 4.69) is 0 Å². The van der Waals surface area contributed by atoms with Gasteiger partial charge in [0.05, 0.1) is 12.0 Å². The van der Waals surface area contributed by atoms with E-state index in [0.717, 1.165) is 0 Å². The maximum Gasteiger partial charge on any atom is 0.221 e. The zero-order chi connectivity index (χ0) is 13.3. The minimum absolute atomic E-state index is 0.282. The second kappa shape index (κ2) is 4.97. The minimum Gasteiger partial charge on any atom is -0.548 e. The number of aliphatic carboxylic acids is 1. The van der Waals surface area contributed by atoms with E-state index < -0.39 is 17.4 Å². The number of thioether (sulfide) groups is 1. The Balaban J connectivity index is 2.30. The molecule has 4 nitrogen and oxygen atoms in total. The third-order valence-electron chi connectivity index (χ3n) is 2.79. The molecule has 2 atom stereocenters. The van der Waals surface area contributed by atoms with Crippen LogP contribution in [-0.4, -0.2) is 28.6 Å². The summed E-state index contributed by atoms with van der Waals surface area (Å²) in [6.45, 7) is 1.32. The SMILES string of the molecule is CC(=O)N1C(C(=O)[O-])CSC1c1ccc(F)cc1. The van der Waals surface area contributed by atoms with Gasteiger partial charge in [0.1, 0.15) is 11.2 Å². The van der Waals surface area contributed by atoms with Crippen LogP contribution in [-0.2, 0) is 9.59 Å². The van der Waals surface area contributed by atoms with Crippen molar-refractivity contribution in [2.75, 3.05) is 5.75 Å². The van der Waals surface area contributed by atoms with Crippen molar-refractivity contribution in [2.45, 2.75) is 18.3 Å². The lowest BCUT2D eigenvalue weighted by Crippen LogP contribution is -2.48. The molecule has 1 aliphatic heterocycles. The molecule has 1 saturated heterocycles. The monoisotopic (exact) mass is 268 g/mol. The summed E-state index contributed by atoms with van der Waals surface area (Å²) in [7, 11) is 0. The van der Waals surface area contributed by atoms with Crippen LogP contribution in [0, 0.1) is 5.82 Å². The number of carboxylic acids is 1. The summed E-state index contributed by atoms with van der Waals surface area (Å²) in [5.74, 6) is -1.68. The first-order valence-corrected chi connectivity index (χ1v) is 6.42. The van der Waals surface area contributed by atoms with Gasteiger partial charge in [-0.3, -0.25) is 4.79 Å². The average molecular weight is 268 g/mol. The third-order valence-corrected chi connectivity index (χ3v) is 4.11. The lowest BCUT2D eigenvalue weighted by Gasteiger charge is -2.29. The zero-order valence-electron chi connectivity index (χ0n) is 9.63. The fraction of sp³-hybridized carbons (Fsp3) is 0.333. The Bertz CT molecular complexity index is 477. The molecule has 0 spiro atoms. The van der Waals surface area contributed by atoms with Gasteiger partial charge in [-0.15, -0.1) is 11.8 Å². The molecule has 0 bridgehead atoms. The number of hydrogen-bond acceptors (Lipinski definition) is 4. The van der Waals surface area contributed by atoms with Crippen LogP contribution in [0.2, 0.25) is 0 Å². The van der Waals surface area contributed by atoms with Crippen molar-refractivity contribution in [3.05, 3.63) is 35.6 Å². The Labute approximate surface area is 108 Å². The molecular weight excluding hydrogens is 257 g/mol. The van der Waals surface area contributed by atoms with Crippen molar-refractivity contribution >= 4 is 23.6 Å². The summed E-state index contributed by atoms with van der Waals surface area (Å²) >= 11 is 1.34. The fourth-order valence-corrected chi connectivity index (χ4v) is 3.42. The van der Waals surface area contributed by atoms with E-state index in [0.29, 0.717) is 5.56 Å². The zero-order valence-corrected chi connectivity index (χ0v) is 10.4. The van der Waals surface area contributed by atoms with Crippen LogP contribution in [0.15, 0.2) is 24.3 Å². The first-order valence-electron chi connectivity index (χ1n) is 5.37. The highest BCUT2D eigenvalue weighted by Gasteiger charge is 2.37. The number of benzene rings is 1. The topological polar surface area (TPSA) is 60.4 Å². The molecule has 2 unspecified atom stereocenters. The van der Waals surface area contributed by atoms with Crippen LogP contribution >= 0.6 is 11.8 Å². The largest absolute Gasteiger partial charge is 0.548 e. The molecule has 1 aromatic carbocycles. The molecule has 0 saturated carbocycles. The van der Waals surface area contributed by atoms with Gasteiger partial charge in [0, 0.05) is 12.7 Å². The summed E-state index contributed by atoms with van der Waals surface area (Å²) in [5.41, 5.74) is 0.709. The number of hydrogen-bond donors (Lipinski definition) is 0. The van der Waals surface area contributed by atoms with E-state index in [1.165, 1.54) is 35.7 Å². The van der Waals surface area contributed by atoms with Gasteiger partial charge in [0.25, 0.3) is 0 Å². The molecule has 18 heavy (non-hydrogen) atoms. The number of carboxylic acid groups (broad SMARTS) is 1. The van der Waals surface area contributed by atoms with E-state index in [9.17, 15) is 19.1 Å². The maximum atomic E-state index is 12.8. The molecule has 0 aliphatic carbocycles. The third kappa shape index (κ3) is 2.33. The van der Waals surface area contributed by atoms with Crippen molar-refractivity contribution in [2.24, 2.45) is 0 Å². The first-order chi connectivity index (χ1) is 8.50. The Morgan fingerprint density at radius 3 is 2.50 bits per heavy atom. The normalized spacial score (nSPS) is 23.1. The standard InChI is InChI=1S/C12H12FNO3S/c1-7(15)14-10(12(16)17)6-18-11(14)8-2-4-9(13)5-3-8/h2-5,10-11H,6H2,1H3,(H,16,17)/p-1. The second-order valence-electron chi connectivity index (χ2n) is 4.00. The number of carbonyl (C=O) groups is 2. The van der Waals surface area contributed by atoms with Crippen LogP contribution in [0.25, 0.3) is 0 Å². The summed E-state index contributed by atoms with van der Waals surface area (Å²) in [6.07, 6.45) is 0. The summed E-state index contributed by atoms with van der Waals surface area (Å²) in [4.78, 5) is 23.8. The minimum atomic E-state index is -1.26. The van der Waals surface area contributed by atoms with Crippen LogP contribution in [0.4, 0.5) is 4.39 Å². The number of amides is 1. The van der Waals surface area contributed by atoms with Gasteiger partial charge in [-0.2, -0.15) is 0 Å². The average Bonchev–Trinajstić information content (AvgIpc) is 2.74. The Hall–Kier alpha value is -1.56. The quantitative estimate of drug-likeness (QED) is 0.785. The highest BCUT2D eigenvalue weighted by Crippen LogP contribution is 2.41. The molecule has 1 amide bonds. The number of halogens is 1. The summed E-state index contributed by atoms with van der Waals surface area (Å²) < 4.78 is 12.8. The highest BCUT2D eigenvalue weighted by atomic mass is 32.2. The van der Waals surface area contributed by atoms with Crippen LogP contribution in [0.3, 0.4) is 0 Å². The summed E-state index contributed by atoms with van der Waals surface area (Å²) in [6, 6.07) is 4.77. The van der Waals surface area contributed by atoms with Gasteiger partial charge in [-0.25, -0.2) is 4.39 Å². The van der Waals surface area contributed by atoms with Gasteiger partial charge in [0.15, 0.2) is 0 Å². The molecule has 96 valence electrons. The molecule has 1 aliphatic rings. The first kappa shape index (κ1) is 12.9. The van der Waals surface area contributed by atoms with Crippen LogP contribution in [0.1, 0.15) is 17.9 Å². The molecule has 1 aromatic rings. The van der Waals surface area contributed by atoms with Crippen molar-refractivity contribution < 1.29 is 19.1 Å². The summed E-state index contributed by atoms with van der Waals surface area (Å²) in [5, 5.41) is 10.6. The van der Waals surface area contributed by atoms with E-state index in [4.69, 9.17) is 0 Å². The predicted octanol–water partition coefficient (Wildman–Crippen LogP) is 0.538. The second-order valence-corrected chi connectivity index (χ2v) is 5.11. The highest BCUT2D eigenvalue weighted by molar-refractivity contribution is 7.99.